The van der Waals surface area contributed by atoms with E-state index in [9.17, 15) is 0 Å². The standard InChI is InChI=1S/C29H38.C28H36/c1-3-5-6-7-9-25-10-12-26(13-11-25)14-15-27-18-22-29(23-19-27)28-20-16-24(8-4-2)17-21-28;1-3-5-6-8-24-9-11-25(12-10-24)13-14-26-17-21-28(22-18-26)27-19-15-23(7-4-2)16-20-27/h16-23,25-26H,3-13H2,1-2H3;15-22,24-25H,3-12H2,1-2H3. The molecule has 0 amide bonds. The number of benzene rings is 4. The molecule has 2 fully saturated rings. The summed E-state index contributed by atoms with van der Waals surface area (Å²) in [6.45, 7) is 9.05. The van der Waals surface area contributed by atoms with Crippen LogP contribution in [-0.4, -0.2) is 0 Å². The number of rotatable bonds is 15. The van der Waals surface area contributed by atoms with E-state index in [-0.39, 0.29) is 0 Å². The maximum Gasteiger partial charge on any atom is 0.0245 e. The lowest BCUT2D eigenvalue weighted by molar-refractivity contribution is 0.294. The third kappa shape index (κ3) is 15.7. The molecule has 6 rings (SSSR count). The van der Waals surface area contributed by atoms with E-state index in [1.54, 1.807) is 0 Å². The van der Waals surface area contributed by atoms with Crippen molar-refractivity contribution in [1.29, 1.82) is 0 Å². The fourth-order valence-electron chi connectivity index (χ4n) is 8.90. The monoisotopic (exact) mass is 759 g/mol. The second kappa shape index (κ2) is 25.4. The Morgan fingerprint density at radius 2 is 0.702 bits per heavy atom. The predicted octanol–water partition coefficient (Wildman–Crippen LogP) is 16.5. The van der Waals surface area contributed by atoms with E-state index in [0.717, 1.165) is 35.8 Å². The molecule has 0 aliphatic heterocycles. The maximum absolute atomic E-state index is 3.57. The first-order valence-corrected chi connectivity index (χ1v) is 23.5. The summed E-state index contributed by atoms with van der Waals surface area (Å²) in [6.07, 6.45) is 28.1. The lowest BCUT2D eigenvalue weighted by Gasteiger charge is -2.25. The fourth-order valence-corrected chi connectivity index (χ4v) is 8.90. The van der Waals surface area contributed by atoms with E-state index in [1.807, 2.05) is 0 Å². The molecule has 302 valence electrons. The van der Waals surface area contributed by atoms with E-state index >= 15 is 0 Å². The van der Waals surface area contributed by atoms with Crippen LogP contribution in [0.5, 0.6) is 0 Å². The molecule has 0 nitrogen and oxygen atoms in total. The Kier molecular flexibility index (Phi) is 19.6. The fraction of sp³-hybridized carbons (Fsp3) is 0.509. The minimum Gasteiger partial charge on any atom is -0.0945 e. The zero-order valence-electron chi connectivity index (χ0n) is 36.4. The molecule has 0 unspecified atom stereocenters. The number of hydrogen-bond acceptors (Lipinski definition) is 0. The normalized spacial score (nSPS) is 18.9. The van der Waals surface area contributed by atoms with Gasteiger partial charge in [-0.15, -0.1) is 0 Å². The first-order chi connectivity index (χ1) is 28.1. The van der Waals surface area contributed by atoms with Crippen molar-refractivity contribution < 1.29 is 0 Å². The highest BCUT2D eigenvalue weighted by molar-refractivity contribution is 5.65. The van der Waals surface area contributed by atoms with Crippen LogP contribution in [0.3, 0.4) is 0 Å². The van der Waals surface area contributed by atoms with Gasteiger partial charge < -0.3 is 0 Å². The molecule has 4 aromatic rings. The summed E-state index contributed by atoms with van der Waals surface area (Å²) in [5.74, 6) is 17.1. The minimum atomic E-state index is 0.604. The van der Waals surface area contributed by atoms with Crippen molar-refractivity contribution in [2.24, 2.45) is 23.7 Å². The summed E-state index contributed by atoms with van der Waals surface area (Å²) in [6, 6.07) is 35.6. The van der Waals surface area contributed by atoms with Crippen LogP contribution in [0.25, 0.3) is 22.3 Å². The van der Waals surface area contributed by atoms with Crippen molar-refractivity contribution in [2.75, 3.05) is 0 Å². The van der Waals surface area contributed by atoms with Crippen LogP contribution in [0.2, 0.25) is 0 Å². The minimum absolute atomic E-state index is 0.604. The third-order valence-corrected chi connectivity index (χ3v) is 12.6. The van der Waals surface area contributed by atoms with Crippen LogP contribution >= 0.6 is 0 Å². The van der Waals surface area contributed by atoms with Crippen LogP contribution in [-0.2, 0) is 12.8 Å². The molecular weight excluding hydrogens is 685 g/mol. The Bertz CT molecular complexity index is 1780. The van der Waals surface area contributed by atoms with E-state index in [1.165, 1.54) is 155 Å². The van der Waals surface area contributed by atoms with Gasteiger partial charge in [0.25, 0.3) is 0 Å². The molecular formula is C57H74. The van der Waals surface area contributed by atoms with Crippen LogP contribution < -0.4 is 0 Å². The molecule has 2 aliphatic carbocycles. The van der Waals surface area contributed by atoms with Crippen molar-refractivity contribution in [3.63, 3.8) is 0 Å². The van der Waals surface area contributed by atoms with Gasteiger partial charge >= 0.3 is 0 Å². The first kappa shape index (κ1) is 44.1. The van der Waals surface area contributed by atoms with Crippen LogP contribution in [0.1, 0.15) is 172 Å². The van der Waals surface area contributed by atoms with E-state index in [0.29, 0.717) is 11.8 Å². The summed E-state index contributed by atoms with van der Waals surface area (Å²) < 4.78 is 0. The molecule has 2 aliphatic rings. The molecule has 2 saturated carbocycles. The Morgan fingerprint density at radius 1 is 0.368 bits per heavy atom. The molecule has 0 saturated heterocycles. The van der Waals surface area contributed by atoms with Gasteiger partial charge in [0.05, 0.1) is 0 Å². The van der Waals surface area contributed by atoms with Gasteiger partial charge in [0, 0.05) is 23.0 Å². The van der Waals surface area contributed by atoms with Gasteiger partial charge in [-0.3, -0.25) is 0 Å². The van der Waals surface area contributed by atoms with Crippen molar-refractivity contribution >= 4 is 0 Å². The number of unbranched alkanes of at least 4 members (excludes halogenated alkanes) is 5. The maximum atomic E-state index is 3.57. The smallest absolute Gasteiger partial charge is 0.0245 e. The van der Waals surface area contributed by atoms with Crippen LogP contribution in [0, 0.1) is 47.4 Å². The topological polar surface area (TPSA) is 0 Å². The van der Waals surface area contributed by atoms with Gasteiger partial charge in [-0.25, -0.2) is 0 Å². The number of hydrogen-bond donors (Lipinski definition) is 0. The summed E-state index contributed by atoms with van der Waals surface area (Å²) >= 11 is 0. The highest BCUT2D eigenvalue weighted by Gasteiger charge is 2.20. The van der Waals surface area contributed by atoms with Crippen molar-refractivity contribution in [1.82, 2.24) is 0 Å². The summed E-state index contributed by atoms with van der Waals surface area (Å²) in [5, 5.41) is 0. The summed E-state index contributed by atoms with van der Waals surface area (Å²) in [4.78, 5) is 0. The van der Waals surface area contributed by atoms with Crippen molar-refractivity contribution in [3.8, 4) is 45.9 Å². The van der Waals surface area contributed by atoms with Gasteiger partial charge in [0.1, 0.15) is 0 Å². The van der Waals surface area contributed by atoms with Crippen LogP contribution in [0.15, 0.2) is 97.1 Å². The molecule has 57 heavy (non-hydrogen) atoms. The molecule has 0 radical (unpaired) electrons. The highest BCUT2D eigenvalue weighted by atomic mass is 14.2. The Hall–Kier alpha value is -4.00. The molecule has 0 heteroatoms. The number of aryl methyl sites for hydroxylation is 2. The molecule has 4 aromatic carbocycles. The van der Waals surface area contributed by atoms with Crippen LogP contribution in [0.4, 0.5) is 0 Å². The van der Waals surface area contributed by atoms with Gasteiger partial charge in [0.15, 0.2) is 0 Å². The van der Waals surface area contributed by atoms with Gasteiger partial charge in [-0.05, 0) is 134 Å². The van der Waals surface area contributed by atoms with E-state index in [2.05, 4.69) is 148 Å². The molecule has 0 spiro atoms. The average Bonchev–Trinajstić information content (AvgIpc) is 3.26. The first-order valence-electron chi connectivity index (χ1n) is 23.5. The lowest BCUT2D eigenvalue weighted by atomic mass is 9.80. The summed E-state index contributed by atoms with van der Waals surface area (Å²) in [7, 11) is 0. The lowest BCUT2D eigenvalue weighted by Crippen LogP contribution is -2.13. The quantitative estimate of drug-likeness (QED) is 0.0837. The second-order valence-corrected chi connectivity index (χ2v) is 17.4. The summed E-state index contributed by atoms with van der Waals surface area (Å²) in [5.41, 5.74) is 10.3. The van der Waals surface area contributed by atoms with Crippen molar-refractivity contribution in [2.45, 2.75) is 163 Å². The van der Waals surface area contributed by atoms with Gasteiger partial charge in [0.2, 0.25) is 0 Å². The Morgan fingerprint density at radius 3 is 1.05 bits per heavy atom. The zero-order valence-corrected chi connectivity index (χ0v) is 36.4. The average molecular weight is 759 g/mol. The van der Waals surface area contributed by atoms with E-state index in [4.69, 9.17) is 0 Å². The highest BCUT2D eigenvalue weighted by Crippen LogP contribution is 2.33. The van der Waals surface area contributed by atoms with E-state index < -0.39 is 0 Å². The molecule has 0 atom stereocenters. The Labute approximate surface area is 350 Å². The Balaban J connectivity index is 0.000000218. The second-order valence-electron chi connectivity index (χ2n) is 17.4. The predicted molar refractivity (Wildman–Crippen MR) is 249 cm³/mol. The molecule has 0 aromatic heterocycles. The third-order valence-electron chi connectivity index (χ3n) is 12.6. The van der Waals surface area contributed by atoms with Gasteiger partial charge in [-0.1, -0.05) is 195 Å². The molecule has 0 bridgehead atoms. The molecule has 0 N–H and O–H groups in total. The molecule has 0 heterocycles. The van der Waals surface area contributed by atoms with Gasteiger partial charge in [-0.2, -0.15) is 0 Å². The SMILES string of the molecule is CCCCCC1CCC(C#Cc2ccc(-c3ccc(CCC)cc3)cc2)CC1.CCCCCCC1CCC(C#Cc2ccc(-c3ccc(CCC)cc3)cc2)CC1. The zero-order chi connectivity index (χ0) is 39.9. The van der Waals surface area contributed by atoms with Crippen molar-refractivity contribution in [3.05, 3.63) is 119 Å². The largest absolute Gasteiger partial charge is 0.0945 e.